The highest BCUT2D eigenvalue weighted by molar-refractivity contribution is 5.74. The van der Waals surface area contributed by atoms with E-state index >= 15 is 0 Å². The second-order valence-electron chi connectivity index (χ2n) is 22.0. The van der Waals surface area contributed by atoms with Gasteiger partial charge in [-0.3, -0.25) is 14.4 Å². The predicted molar refractivity (Wildman–Crippen MR) is 322 cm³/mol. The molecule has 0 aromatic heterocycles. The molecule has 1 rings (SSSR count). The molecule has 6 unspecified atom stereocenters. The van der Waals surface area contributed by atoms with E-state index in [1.165, 1.54) is 109 Å². The number of esters is 3. The summed E-state index contributed by atoms with van der Waals surface area (Å²) in [6.45, 7) is 5.95. The topological polar surface area (TPSA) is 175 Å². The predicted octanol–water partition coefficient (Wildman–Crippen LogP) is 17.1. The maximum absolute atomic E-state index is 13.2. The lowest BCUT2D eigenvalue weighted by Crippen LogP contribution is -2.61. The van der Waals surface area contributed by atoms with Crippen LogP contribution in [-0.4, -0.2) is 89.2 Å². The van der Waals surface area contributed by atoms with Crippen molar-refractivity contribution in [3.8, 4) is 0 Å². The van der Waals surface area contributed by atoms with E-state index in [9.17, 15) is 34.5 Å². The van der Waals surface area contributed by atoms with E-state index in [0.29, 0.717) is 19.3 Å². The van der Waals surface area contributed by atoms with Gasteiger partial charge in [-0.1, -0.05) is 223 Å². The van der Waals surface area contributed by atoms with Crippen molar-refractivity contribution in [3.05, 3.63) is 60.8 Å². The van der Waals surface area contributed by atoms with Crippen LogP contribution in [0, 0.1) is 0 Å². The molecule has 0 aliphatic carbocycles. The van der Waals surface area contributed by atoms with Crippen LogP contribution in [0.2, 0.25) is 0 Å². The van der Waals surface area contributed by atoms with Gasteiger partial charge in [0.2, 0.25) is 0 Å². The second-order valence-corrected chi connectivity index (χ2v) is 22.0. The average Bonchev–Trinajstić information content (AvgIpc) is 3.44. The lowest BCUT2D eigenvalue weighted by molar-refractivity contribution is -0.301. The van der Waals surface area contributed by atoms with Crippen molar-refractivity contribution in [2.24, 2.45) is 0 Å². The van der Waals surface area contributed by atoms with Gasteiger partial charge in [0.25, 0.3) is 0 Å². The third kappa shape index (κ3) is 44.7. The molecule has 456 valence electrons. The number of carbonyl (C=O) groups excluding carboxylic acids is 3. The largest absolute Gasteiger partial charge is 0.479 e. The molecule has 0 amide bonds. The minimum absolute atomic E-state index is 0.0534. The lowest BCUT2D eigenvalue weighted by atomic mass is 9.98. The molecule has 0 aromatic rings. The number of carbonyl (C=O) groups is 4. The standard InChI is InChI=1S/C67H116O12/c1-4-7-10-13-16-19-22-25-28-29-30-31-34-37-40-43-46-49-52-55-61(70)78-65-63(72)62(71)64(66(73)74)79-67(65)76-57-58(77-60(69)54-51-48-45-42-39-36-33-27-24-21-18-15-12-9-6-3)56-75-59(68)53-50-47-44-41-38-35-32-26-23-20-17-14-11-8-5-2/h16-17,19-20,25-28,32-33,58,62-65,67,71-72H,4-15,18,21-24,29-31,34-57H2,1-3H3,(H,73,74)/b19-16-,20-17-,28-25-,32-26-,33-27-. The first-order valence-corrected chi connectivity index (χ1v) is 32.3. The van der Waals surface area contributed by atoms with Crippen molar-refractivity contribution >= 4 is 23.9 Å². The molecule has 1 aliphatic heterocycles. The number of ether oxygens (including phenoxy) is 5. The van der Waals surface area contributed by atoms with Crippen molar-refractivity contribution < 1.29 is 58.2 Å². The van der Waals surface area contributed by atoms with Crippen LogP contribution in [0.1, 0.15) is 290 Å². The smallest absolute Gasteiger partial charge is 0.335 e. The van der Waals surface area contributed by atoms with E-state index in [-0.39, 0.29) is 25.9 Å². The van der Waals surface area contributed by atoms with E-state index in [0.717, 1.165) is 122 Å². The Morgan fingerprint density at radius 2 is 0.759 bits per heavy atom. The van der Waals surface area contributed by atoms with Crippen LogP contribution in [0.4, 0.5) is 0 Å². The number of carboxylic acids is 1. The molecular formula is C67H116O12. The molecule has 1 fully saturated rings. The zero-order valence-electron chi connectivity index (χ0n) is 50.4. The molecule has 1 saturated heterocycles. The highest BCUT2D eigenvalue weighted by Crippen LogP contribution is 2.27. The lowest BCUT2D eigenvalue weighted by Gasteiger charge is -2.40. The van der Waals surface area contributed by atoms with Gasteiger partial charge in [-0.2, -0.15) is 0 Å². The number of aliphatic carboxylic acids is 1. The Morgan fingerprint density at radius 3 is 1.18 bits per heavy atom. The average molecular weight is 1110 g/mol. The first-order valence-electron chi connectivity index (χ1n) is 32.3. The first kappa shape index (κ1) is 73.4. The molecule has 6 atom stereocenters. The molecule has 0 saturated carbocycles. The molecule has 12 nitrogen and oxygen atoms in total. The number of rotatable bonds is 55. The van der Waals surface area contributed by atoms with Gasteiger partial charge < -0.3 is 39.0 Å². The Labute approximate surface area is 481 Å². The highest BCUT2D eigenvalue weighted by Gasteiger charge is 2.50. The summed E-state index contributed by atoms with van der Waals surface area (Å²) in [6, 6.07) is 0. The molecule has 79 heavy (non-hydrogen) atoms. The molecule has 0 aromatic carbocycles. The van der Waals surface area contributed by atoms with E-state index in [2.05, 4.69) is 81.5 Å². The van der Waals surface area contributed by atoms with Crippen molar-refractivity contribution in [1.82, 2.24) is 0 Å². The number of hydrogen-bond donors (Lipinski definition) is 3. The van der Waals surface area contributed by atoms with Crippen LogP contribution in [0.15, 0.2) is 60.8 Å². The Kier molecular flexibility index (Phi) is 51.1. The molecule has 0 radical (unpaired) electrons. The number of unbranched alkanes of at least 4 members (excludes halogenated alkanes) is 31. The Balaban J connectivity index is 2.66. The zero-order valence-corrected chi connectivity index (χ0v) is 50.4. The van der Waals surface area contributed by atoms with Crippen molar-refractivity contribution in [1.29, 1.82) is 0 Å². The van der Waals surface area contributed by atoms with Crippen LogP contribution in [0.25, 0.3) is 0 Å². The van der Waals surface area contributed by atoms with Crippen LogP contribution in [0.5, 0.6) is 0 Å². The maximum Gasteiger partial charge on any atom is 0.335 e. The number of carboxylic acid groups (broad SMARTS) is 1. The third-order valence-electron chi connectivity index (χ3n) is 14.5. The second kappa shape index (κ2) is 55.0. The summed E-state index contributed by atoms with van der Waals surface area (Å²) >= 11 is 0. The van der Waals surface area contributed by atoms with Gasteiger partial charge in [0.1, 0.15) is 18.8 Å². The molecule has 1 heterocycles. The fourth-order valence-electron chi connectivity index (χ4n) is 9.54. The minimum atomic E-state index is -1.91. The van der Waals surface area contributed by atoms with Gasteiger partial charge in [0, 0.05) is 19.3 Å². The molecule has 0 bridgehead atoms. The summed E-state index contributed by atoms with van der Waals surface area (Å²) in [5, 5.41) is 31.6. The molecular weight excluding hydrogens is 997 g/mol. The summed E-state index contributed by atoms with van der Waals surface area (Å²) < 4.78 is 28.5. The summed E-state index contributed by atoms with van der Waals surface area (Å²) in [5.41, 5.74) is 0. The van der Waals surface area contributed by atoms with Crippen LogP contribution in [-0.2, 0) is 42.9 Å². The minimum Gasteiger partial charge on any atom is -0.479 e. The SMILES string of the molecule is CCCCC/C=C\C/C=C\CCCCCCCCCCCC(=O)OC1C(OCC(COC(=O)CCCCCCC/C=C\C/C=C\CCCCC)OC(=O)CCCCCCC/C=C\CCCCCCCC)OC(C(=O)O)C(O)C1O. The van der Waals surface area contributed by atoms with Crippen LogP contribution < -0.4 is 0 Å². The Morgan fingerprint density at radius 1 is 0.418 bits per heavy atom. The Hall–Kier alpha value is -3.58. The van der Waals surface area contributed by atoms with E-state index in [1.807, 2.05) is 0 Å². The quantitative estimate of drug-likeness (QED) is 0.0228. The third-order valence-corrected chi connectivity index (χ3v) is 14.5. The van der Waals surface area contributed by atoms with E-state index < -0.39 is 67.3 Å². The van der Waals surface area contributed by atoms with Gasteiger partial charge >= 0.3 is 23.9 Å². The van der Waals surface area contributed by atoms with Gasteiger partial charge in [0.15, 0.2) is 24.6 Å². The number of allylic oxidation sites excluding steroid dienone is 10. The fourth-order valence-corrected chi connectivity index (χ4v) is 9.54. The van der Waals surface area contributed by atoms with Crippen molar-refractivity contribution in [3.63, 3.8) is 0 Å². The summed E-state index contributed by atoms with van der Waals surface area (Å²) in [6.07, 6.45) is 56.0. The normalized spacial score (nSPS) is 18.2. The summed E-state index contributed by atoms with van der Waals surface area (Å²) in [4.78, 5) is 51.3. The zero-order chi connectivity index (χ0) is 57.5. The molecule has 12 heteroatoms. The fraction of sp³-hybridized carbons (Fsp3) is 0.791. The summed E-state index contributed by atoms with van der Waals surface area (Å²) in [7, 11) is 0. The number of aliphatic hydroxyl groups excluding tert-OH is 2. The molecule has 1 aliphatic rings. The van der Waals surface area contributed by atoms with Crippen molar-refractivity contribution in [2.45, 2.75) is 327 Å². The van der Waals surface area contributed by atoms with Crippen LogP contribution >= 0.6 is 0 Å². The maximum atomic E-state index is 13.2. The first-order chi connectivity index (χ1) is 38.6. The molecule has 0 spiro atoms. The number of hydrogen-bond acceptors (Lipinski definition) is 11. The van der Waals surface area contributed by atoms with Crippen molar-refractivity contribution in [2.75, 3.05) is 13.2 Å². The van der Waals surface area contributed by atoms with Crippen LogP contribution in [0.3, 0.4) is 0 Å². The molecule has 3 N–H and O–H groups in total. The monoisotopic (exact) mass is 1110 g/mol. The Bertz CT molecular complexity index is 1600. The number of aliphatic hydroxyl groups is 2. The van der Waals surface area contributed by atoms with E-state index in [4.69, 9.17) is 23.7 Å². The highest BCUT2D eigenvalue weighted by atomic mass is 16.7. The van der Waals surface area contributed by atoms with Gasteiger partial charge in [-0.25, -0.2) is 4.79 Å². The van der Waals surface area contributed by atoms with Gasteiger partial charge in [-0.05, 0) is 109 Å². The summed E-state index contributed by atoms with van der Waals surface area (Å²) in [5.74, 6) is -3.14. The van der Waals surface area contributed by atoms with Gasteiger partial charge in [-0.15, -0.1) is 0 Å². The van der Waals surface area contributed by atoms with E-state index in [1.54, 1.807) is 0 Å². The van der Waals surface area contributed by atoms with Gasteiger partial charge in [0.05, 0.1) is 6.61 Å².